The van der Waals surface area contributed by atoms with Gasteiger partial charge in [-0.05, 0) is 19.4 Å². The molecule has 8 nitrogen and oxygen atoms in total. The lowest BCUT2D eigenvalue weighted by Gasteiger charge is -2.20. The lowest BCUT2D eigenvalue weighted by molar-refractivity contribution is -0.384. The molecule has 21 heavy (non-hydrogen) atoms. The maximum atomic E-state index is 11.7. The summed E-state index contributed by atoms with van der Waals surface area (Å²) in [5.41, 5.74) is 0.185. The first-order valence-corrected chi connectivity index (χ1v) is 6.45. The van der Waals surface area contributed by atoms with E-state index in [1.54, 1.807) is 18.9 Å². The zero-order chi connectivity index (χ0) is 15.6. The predicted octanol–water partition coefficient (Wildman–Crippen LogP) is 1.04. The van der Waals surface area contributed by atoms with Gasteiger partial charge < -0.3 is 15.0 Å². The molecule has 0 spiro atoms. The minimum Gasteiger partial charge on any atom is -0.393 e. The Bertz CT molecular complexity index is 726. The van der Waals surface area contributed by atoms with Crippen molar-refractivity contribution in [2.45, 2.75) is 19.4 Å². The van der Waals surface area contributed by atoms with Gasteiger partial charge in [0.2, 0.25) is 0 Å². The number of H-pyrrole nitrogens is 1. The fraction of sp³-hybridized carbons (Fsp3) is 0.385. The second-order valence-corrected chi connectivity index (χ2v) is 4.91. The van der Waals surface area contributed by atoms with E-state index in [4.69, 9.17) is 0 Å². The number of benzene rings is 1. The van der Waals surface area contributed by atoms with E-state index >= 15 is 0 Å². The fourth-order valence-corrected chi connectivity index (χ4v) is 2.05. The standard InChI is InChI=1S/C13H16N4O4/c1-8(18)3-4-16(2)11-6-10-9(5-12(11)17(20)21)13(19)15-7-14-10/h5-8,18H,3-4H2,1-2H3,(H,14,15,19). The van der Waals surface area contributed by atoms with E-state index in [0.29, 0.717) is 24.2 Å². The fourth-order valence-electron chi connectivity index (χ4n) is 2.05. The summed E-state index contributed by atoms with van der Waals surface area (Å²) in [5.74, 6) is 0. The molecule has 1 unspecified atom stereocenters. The van der Waals surface area contributed by atoms with Crippen molar-refractivity contribution in [3.8, 4) is 0 Å². The van der Waals surface area contributed by atoms with Crippen LogP contribution in [0.1, 0.15) is 13.3 Å². The second kappa shape index (κ2) is 5.88. The quantitative estimate of drug-likeness (QED) is 0.629. The number of aromatic nitrogens is 2. The van der Waals surface area contributed by atoms with Gasteiger partial charge in [0.1, 0.15) is 5.69 Å². The van der Waals surface area contributed by atoms with Gasteiger partial charge in [-0.3, -0.25) is 14.9 Å². The summed E-state index contributed by atoms with van der Waals surface area (Å²) in [7, 11) is 1.70. The number of nitrogens with zero attached hydrogens (tertiary/aromatic N) is 3. The molecule has 8 heteroatoms. The summed E-state index contributed by atoms with van der Waals surface area (Å²) >= 11 is 0. The molecule has 0 bridgehead atoms. The molecular weight excluding hydrogens is 276 g/mol. The van der Waals surface area contributed by atoms with Crippen molar-refractivity contribution in [1.29, 1.82) is 0 Å². The SMILES string of the molecule is CC(O)CCN(C)c1cc2nc[nH]c(=O)c2cc1[N+](=O)[O-]. The van der Waals surface area contributed by atoms with Crippen molar-refractivity contribution < 1.29 is 10.0 Å². The van der Waals surface area contributed by atoms with Crippen molar-refractivity contribution in [2.75, 3.05) is 18.5 Å². The highest BCUT2D eigenvalue weighted by atomic mass is 16.6. The molecule has 0 amide bonds. The first kappa shape index (κ1) is 14.9. The Labute approximate surface area is 120 Å². The number of hydrogen-bond donors (Lipinski definition) is 2. The van der Waals surface area contributed by atoms with Gasteiger partial charge in [-0.25, -0.2) is 4.98 Å². The highest BCUT2D eigenvalue weighted by Gasteiger charge is 2.20. The number of hydrogen-bond acceptors (Lipinski definition) is 6. The monoisotopic (exact) mass is 292 g/mol. The highest BCUT2D eigenvalue weighted by molar-refractivity contribution is 5.86. The molecule has 2 rings (SSSR count). The van der Waals surface area contributed by atoms with E-state index in [2.05, 4.69) is 9.97 Å². The van der Waals surface area contributed by atoms with Crippen LogP contribution >= 0.6 is 0 Å². The van der Waals surface area contributed by atoms with Crippen molar-refractivity contribution >= 4 is 22.3 Å². The Hall–Kier alpha value is -2.48. The molecule has 2 aromatic rings. The molecular formula is C13H16N4O4. The number of aromatic amines is 1. The summed E-state index contributed by atoms with van der Waals surface area (Å²) < 4.78 is 0. The van der Waals surface area contributed by atoms with Crippen LogP contribution in [0, 0.1) is 10.1 Å². The number of nitro groups is 1. The number of anilines is 1. The molecule has 1 aromatic heterocycles. The minimum atomic E-state index is -0.528. The summed E-state index contributed by atoms with van der Waals surface area (Å²) in [6, 6.07) is 2.75. The summed E-state index contributed by atoms with van der Waals surface area (Å²) in [4.78, 5) is 30.5. The third-order valence-electron chi connectivity index (χ3n) is 3.23. The van der Waals surface area contributed by atoms with Gasteiger partial charge in [-0.15, -0.1) is 0 Å². The molecule has 2 N–H and O–H groups in total. The van der Waals surface area contributed by atoms with Gasteiger partial charge in [0.05, 0.1) is 28.3 Å². The van der Waals surface area contributed by atoms with Gasteiger partial charge in [0.25, 0.3) is 11.2 Å². The van der Waals surface area contributed by atoms with E-state index in [1.165, 1.54) is 18.5 Å². The molecule has 1 aromatic carbocycles. The lowest BCUT2D eigenvalue weighted by Crippen LogP contribution is -2.23. The maximum Gasteiger partial charge on any atom is 0.293 e. The summed E-state index contributed by atoms with van der Waals surface area (Å²) in [6.45, 7) is 2.11. The van der Waals surface area contributed by atoms with Crippen LogP contribution in [0.25, 0.3) is 10.9 Å². The van der Waals surface area contributed by atoms with Gasteiger partial charge >= 0.3 is 0 Å². The Morgan fingerprint density at radius 2 is 2.24 bits per heavy atom. The summed E-state index contributed by atoms with van der Waals surface area (Å²) in [6.07, 6.45) is 1.25. The Kier molecular flexibility index (Phi) is 4.18. The van der Waals surface area contributed by atoms with Crippen LogP contribution < -0.4 is 10.5 Å². The first-order valence-electron chi connectivity index (χ1n) is 6.45. The van der Waals surface area contributed by atoms with E-state index in [0.717, 1.165) is 0 Å². The Morgan fingerprint density at radius 3 is 2.86 bits per heavy atom. The first-order chi connectivity index (χ1) is 9.90. The van der Waals surface area contributed by atoms with Crippen LogP contribution in [0.4, 0.5) is 11.4 Å². The van der Waals surface area contributed by atoms with Crippen molar-refractivity contribution in [2.24, 2.45) is 0 Å². The van der Waals surface area contributed by atoms with Gasteiger partial charge in [0, 0.05) is 19.7 Å². The average Bonchev–Trinajstić information content (AvgIpc) is 2.43. The number of nitro benzene ring substituents is 1. The Balaban J connectivity index is 2.53. The van der Waals surface area contributed by atoms with Crippen LogP contribution in [0.5, 0.6) is 0 Å². The van der Waals surface area contributed by atoms with Crippen LogP contribution in [-0.2, 0) is 0 Å². The maximum absolute atomic E-state index is 11.7. The minimum absolute atomic E-state index is 0.158. The van der Waals surface area contributed by atoms with Crippen molar-refractivity contribution in [1.82, 2.24) is 9.97 Å². The highest BCUT2D eigenvalue weighted by Crippen LogP contribution is 2.30. The molecule has 1 heterocycles. The van der Waals surface area contributed by atoms with Crippen LogP contribution in [0.15, 0.2) is 23.3 Å². The molecule has 0 radical (unpaired) electrons. The topological polar surface area (TPSA) is 112 Å². The lowest BCUT2D eigenvalue weighted by atomic mass is 10.1. The van der Waals surface area contributed by atoms with E-state index in [1.807, 2.05) is 0 Å². The van der Waals surface area contributed by atoms with Crippen LogP contribution in [0.2, 0.25) is 0 Å². The molecule has 112 valence electrons. The second-order valence-electron chi connectivity index (χ2n) is 4.91. The van der Waals surface area contributed by atoms with Crippen LogP contribution in [-0.4, -0.2) is 39.7 Å². The van der Waals surface area contributed by atoms with Crippen LogP contribution in [0.3, 0.4) is 0 Å². The van der Waals surface area contributed by atoms with E-state index < -0.39 is 16.6 Å². The number of nitrogens with one attached hydrogen (secondary N) is 1. The van der Waals surface area contributed by atoms with Gasteiger partial charge in [-0.2, -0.15) is 0 Å². The van der Waals surface area contributed by atoms with E-state index in [9.17, 15) is 20.0 Å². The molecule has 0 fully saturated rings. The normalized spacial score (nSPS) is 12.3. The predicted molar refractivity (Wildman–Crippen MR) is 78.6 cm³/mol. The van der Waals surface area contributed by atoms with Crippen molar-refractivity contribution in [3.05, 3.63) is 38.9 Å². The number of aliphatic hydroxyl groups excluding tert-OH is 1. The summed E-state index contributed by atoms with van der Waals surface area (Å²) in [5, 5.41) is 20.7. The van der Waals surface area contributed by atoms with Gasteiger partial charge in [0.15, 0.2) is 0 Å². The zero-order valence-electron chi connectivity index (χ0n) is 11.7. The molecule has 0 aliphatic heterocycles. The molecule has 0 aliphatic carbocycles. The van der Waals surface area contributed by atoms with E-state index in [-0.39, 0.29) is 11.1 Å². The molecule has 0 aliphatic rings. The largest absolute Gasteiger partial charge is 0.393 e. The smallest absolute Gasteiger partial charge is 0.293 e. The van der Waals surface area contributed by atoms with Crippen molar-refractivity contribution in [3.63, 3.8) is 0 Å². The number of rotatable bonds is 5. The zero-order valence-corrected chi connectivity index (χ0v) is 11.7. The number of fused-ring (bicyclic) bond motifs is 1. The third kappa shape index (κ3) is 3.16. The van der Waals surface area contributed by atoms with Gasteiger partial charge in [-0.1, -0.05) is 0 Å². The third-order valence-corrected chi connectivity index (χ3v) is 3.23. The molecule has 0 saturated heterocycles. The Morgan fingerprint density at radius 1 is 1.52 bits per heavy atom. The average molecular weight is 292 g/mol. The molecule has 0 saturated carbocycles. The molecule has 1 atom stereocenters. The number of aliphatic hydroxyl groups is 1.